The zero-order chi connectivity index (χ0) is 18.8. The van der Waals surface area contributed by atoms with Crippen LogP contribution in [-0.2, 0) is 16.1 Å². The highest BCUT2D eigenvalue weighted by molar-refractivity contribution is 7.18. The van der Waals surface area contributed by atoms with E-state index in [1.54, 1.807) is 27.7 Å². The third-order valence-electron chi connectivity index (χ3n) is 3.85. The molecular weight excluding hydrogens is 352 g/mol. The minimum Gasteiger partial charge on any atom is -0.459 e. The molecule has 0 aliphatic rings. The number of benzene rings is 1. The normalized spacial score (nSPS) is 11.1. The van der Waals surface area contributed by atoms with E-state index in [2.05, 4.69) is 9.97 Å². The van der Waals surface area contributed by atoms with Crippen molar-refractivity contribution in [2.45, 2.75) is 40.4 Å². The molecule has 6 nitrogen and oxygen atoms in total. The average Bonchev–Trinajstić information content (AvgIpc) is 3.12. The topological polar surface area (TPSA) is 81.3 Å². The predicted octanol–water partition coefficient (Wildman–Crippen LogP) is 4.16. The van der Waals surface area contributed by atoms with Gasteiger partial charge in [-0.25, -0.2) is 14.6 Å². The number of carbonyl (C=O) groups is 2. The first-order chi connectivity index (χ1) is 12.4. The Morgan fingerprint density at radius 3 is 2.62 bits per heavy atom. The van der Waals surface area contributed by atoms with Crippen molar-refractivity contribution in [2.75, 3.05) is 0 Å². The Morgan fingerprint density at radius 2 is 1.92 bits per heavy atom. The summed E-state index contributed by atoms with van der Waals surface area (Å²) in [5, 5.41) is 0.722. The quantitative estimate of drug-likeness (QED) is 0.680. The number of carbonyl (C=O) groups excluding carboxylic acids is 2. The Labute approximate surface area is 155 Å². The molecular formula is C19H20N2O4S. The summed E-state index contributed by atoms with van der Waals surface area (Å²) in [5.74, 6) is -0.968. The molecule has 1 N–H and O–H groups in total. The van der Waals surface area contributed by atoms with E-state index in [1.807, 2.05) is 24.3 Å². The Bertz CT molecular complexity index is 938. The van der Waals surface area contributed by atoms with Crippen LogP contribution in [0.4, 0.5) is 0 Å². The Balaban J connectivity index is 1.74. The molecule has 0 aliphatic carbocycles. The van der Waals surface area contributed by atoms with Gasteiger partial charge in [-0.1, -0.05) is 12.1 Å². The molecule has 0 aliphatic heterocycles. The van der Waals surface area contributed by atoms with Crippen LogP contribution in [0.2, 0.25) is 0 Å². The monoisotopic (exact) mass is 372 g/mol. The fourth-order valence-corrected chi connectivity index (χ4v) is 3.59. The van der Waals surface area contributed by atoms with Crippen LogP contribution in [0.15, 0.2) is 24.3 Å². The number of aromatic nitrogens is 2. The fourth-order valence-electron chi connectivity index (χ4n) is 2.71. The maximum absolute atomic E-state index is 12.4. The molecule has 0 saturated heterocycles. The number of aromatic amines is 1. The van der Waals surface area contributed by atoms with Gasteiger partial charge in [-0.15, -0.1) is 11.3 Å². The lowest BCUT2D eigenvalue weighted by atomic mass is 10.1. The van der Waals surface area contributed by atoms with E-state index in [0.717, 1.165) is 15.2 Å². The van der Waals surface area contributed by atoms with Crippen LogP contribution in [0.25, 0.3) is 10.2 Å². The summed E-state index contributed by atoms with van der Waals surface area (Å²) in [6.45, 7) is 7.08. The molecule has 2 heterocycles. The van der Waals surface area contributed by atoms with E-state index in [-0.39, 0.29) is 18.4 Å². The van der Waals surface area contributed by atoms with Gasteiger partial charge in [0.05, 0.1) is 21.9 Å². The van der Waals surface area contributed by atoms with Crippen LogP contribution in [0.5, 0.6) is 0 Å². The second-order valence-corrected chi connectivity index (χ2v) is 7.35. The summed E-state index contributed by atoms with van der Waals surface area (Å²) in [5.41, 5.74) is 2.64. The van der Waals surface area contributed by atoms with E-state index in [1.165, 1.54) is 11.3 Å². The molecule has 1 aromatic carbocycles. The van der Waals surface area contributed by atoms with Crippen LogP contribution in [0.1, 0.15) is 51.0 Å². The lowest BCUT2D eigenvalue weighted by Crippen LogP contribution is -2.13. The molecule has 7 heteroatoms. The maximum atomic E-state index is 12.4. The number of thiazole rings is 1. The minimum absolute atomic E-state index is 0.0848. The molecule has 0 unspecified atom stereocenters. The number of hydrogen-bond acceptors (Lipinski definition) is 6. The first-order valence-electron chi connectivity index (χ1n) is 8.28. The molecule has 0 amide bonds. The molecule has 0 fully saturated rings. The number of ether oxygens (including phenoxy) is 2. The van der Waals surface area contributed by atoms with Crippen molar-refractivity contribution in [3.05, 3.63) is 51.8 Å². The van der Waals surface area contributed by atoms with E-state index in [0.29, 0.717) is 16.8 Å². The highest BCUT2D eigenvalue weighted by Gasteiger charge is 2.24. The largest absolute Gasteiger partial charge is 0.459 e. The van der Waals surface area contributed by atoms with E-state index in [4.69, 9.17) is 9.47 Å². The van der Waals surface area contributed by atoms with E-state index >= 15 is 0 Å². The van der Waals surface area contributed by atoms with Gasteiger partial charge in [0.25, 0.3) is 0 Å². The predicted molar refractivity (Wildman–Crippen MR) is 99.6 cm³/mol. The third-order valence-corrected chi connectivity index (χ3v) is 4.86. The van der Waals surface area contributed by atoms with Crippen LogP contribution in [0.3, 0.4) is 0 Å². The molecule has 2 aromatic heterocycles. The maximum Gasteiger partial charge on any atom is 0.355 e. The van der Waals surface area contributed by atoms with Crippen molar-refractivity contribution in [3.63, 3.8) is 0 Å². The van der Waals surface area contributed by atoms with Gasteiger partial charge in [0.2, 0.25) is 0 Å². The molecule has 0 atom stereocenters. The molecule has 0 bridgehead atoms. The second-order valence-electron chi connectivity index (χ2n) is 6.23. The van der Waals surface area contributed by atoms with E-state index < -0.39 is 11.9 Å². The Hall–Kier alpha value is -2.67. The van der Waals surface area contributed by atoms with Gasteiger partial charge in [0.15, 0.2) is 0 Å². The summed E-state index contributed by atoms with van der Waals surface area (Å²) >= 11 is 1.49. The highest BCUT2D eigenvalue weighted by atomic mass is 32.1. The number of fused-ring (bicyclic) bond motifs is 1. The Morgan fingerprint density at radius 1 is 1.19 bits per heavy atom. The number of esters is 2. The lowest BCUT2D eigenvalue weighted by molar-refractivity contribution is 0.0376. The standard InChI is InChI=1S/C19H20N2O4S/c1-10(2)25-18(22)16-11(3)17(20-12(16)4)19(23)24-9-15-21-13-7-5-6-8-14(13)26-15/h5-8,10,20H,9H2,1-4H3. The fraction of sp³-hybridized carbons (Fsp3) is 0.316. The Kier molecular flexibility index (Phi) is 5.08. The number of rotatable bonds is 5. The first kappa shape index (κ1) is 18.1. The van der Waals surface area contributed by atoms with Crippen molar-refractivity contribution in [2.24, 2.45) is 0 Å². The second kappa shape index (κ2) is 7.29. The van der Waals surface area contributed by atoms with Crippen molar-refractivity contribution < 1.29 is 19.1 Å². The van der Waals surface area contributed by atoms with Gasteiger partial charge < -0.3 is 14.5 Å². The number of nitrogens with zero attached hydrogens (tertiary/aromatic N) is 1. The summed E-state index contributed by atoms with van der Waals surface area (Å²) in [6.07, 6.45) is -0.231. The van der Waals surface area contributed by atoms with Gasteiger partial charge in [0, 0.05) is 5.69 Å². The van der Waals surface area contributed by atoms with Gasteiger partial charge >= 0.3 is 11.9 Å². The number of para-hydroxylation sites is 1. The molecule has 0 spiro atoms. The number of nitrogens with one attached hydrogen (secondary N) is 1. The van der Waals surface area contributed by atoms with Crippen LogP contribution in [-0.4, -0.2) is 28.0 Å². The summed E-state index contributed by atoms with van der Waals surface area (Å²) in [6, 6.07) is 7.76. The van der Waals surface area contributed by atoms with Crippen molar-refractivity contribution in [3.8, 4) is 0 Å². The summed E-state index contributed by atoms with van der Waals surface area (Å²) < 4.78 is 11.7. The molecule has 26 heavy (non-hydrogen) atoms. The first-order valence-corrected chi connectivity index (χ1v) is 9.10. The number of H-pyrrole nitrogens is 1. The molecule has 136 valence electrons. The molecule has 3 rings (SSSR count). The van der Waals surface area contributed by atoms with Gasteiger partial charge in [-0.05, 0) is 45.4 Å². The summed E-state index contributed by atoms with van der Waals surface area (Å²) in [4.78, 5) is 32.0. The zero-order valence-corrected chi connectivity index (χ0v) is 15.9. The van der Waals surface area contributed by atoms with Crippen molar-refractivity contribution >= 4 is 33.5 Å². The zero-order valence-electron chi connectivity index (χ0n) is 15.1. The summed E-state index contributed by atoms with van der Waals surface area (Å²) in [7, 11) is 0. The average molecular weight is 372 g/mol. The van der Waals surface area contributed by atoms with Crippen LogP contribution >= 0.6 is 11.3 Å². The van der Waals surface area contributed by atoms with Crippen LogP contribution in [0, 0.1) is 13.8 Å². The van der Waals surface area contributed by atoms with Crippen molar-refractivity contribution in [1.29, 1.82) is 0 Å². The molecule has 0 radical (unpaired) electrons. The van der Waals surface area contributed by atoms with Gasteiger partial charge in [-0.3, -0.25) is 0 Å². The SMILES string of the molecule is Cc1[nH]c(C(=O)OCc2nc3ccccc3s2)c(C)c1C(=O)OC(C)C. The smallest absolute Gasteiger partial charge is 0.355 e. The highest BCUT2D eigenvalue weighted by Crippen LogP contribution is 2.24. The minimum atomic E-state index is -0.520. The van der Waals surface area contributed by atoms with Crippen molar-refractivity contribution in [1.82, 2.24) is 9.97 Å². The number of aryl methyl sites for hydroxylation is 1. The van der Waals surface area contributed by atoms with E-state index in [9.17, 15) is 9.59 Å². The van der Waals surface area contributed by atoms with Crippen LogP contribution < -0.4 is 0 Å². The lowest BCUT2D eigenvalue weighted by Gasteiger charge is -2.08. The molecule has 0 saturated carbocycles. The third kappa shape index (κ3) is 3.62. The molecule has 3 aromatic rings. The van der Waals surface area contributed by atoms with Gasteiger partial charge in [-0.2, -0.15) is 0 Å². The number of hydrogen-bond donors (Lipinski definition) is 1. The van der Waals surface area contributed by atoms with Gasteiger partial charge in [0.1, 0.15) is 17.3 Å².